The Hall–Kier alpha value is -4.07. The maximum absolute atomic E-state index is 14.4. The second kappa shape index (κ2) is 12.2. The molecule has 3 aliphatic rings. The number of carbonyl (C=O) groups is 3. The van der Waals surface area contributed by atoms with Gasteiger partial charge in [-0.25, -0.2) is 15.0 Å². The van der Waals surface area contributed by atoms with Gasteiger partial charge in [-0.05, 0) is 84.4 Å². The molecule has 2 amide bonds. The van der Waals surface area contributed by atoms with Crippen molar-refractivity contribution in [3.05, 3.63) is 63.9 Å². The molecule has 1 aromatic carbocycles. The van der Waals surface area contributed by atoms with Crippen molar-refractivity contribution < 1.29 is 19.1 Å². The van der Waals surface area contributed by atoms with Crippen LogP contribution in [0.15, 0.2) is 41.3 Å². The van der Waals surface area contributed by atoms with Crippen LogP contribution in [0.25, 0.3) is 22.0 Å². The summed E-state index contributed by atoms with van der Waals surface area (Å²) in [5, 5.41) is 8.34. The summed E-state index contributed by atoms with van der Waals surface area (Å²) < 4.78 is 7.80. The van der Waals surface area contributed by atoms with E-state index in [-0.39, 0.29) is 35.6 Å². The minimum atomic E-state index is -0.661. The van der Waals surface area contributed by atoms with Gasteiger partial charge in [0.25, 0.3) is 0 Å². The van der Waals surface area contributed by atoms with E-state index in [0.29, 0.717) is 52.5 Å². The SMILES string of the molecule is CC(=O)c1nn(CC(=O)N2[C@H](C(=O)Nc3nc(Br)ccc3C)C[C@@]3(CN4CCOCC4)C[C@@H]23)c2c(C)cc(-c3cnc(C)nc3)cc12. The van der Waals surface area contributed by atoms with Crippen molar-refractivity contribution in [1.29, 1.82) is 0 Å². The molecule has 2 aliphatic heterocycles. The molecule has 2 saturated heterocycles. The van der Waals surface area contributed by atoms with Gasteiger partial charge in [-0.15, -0.1) is 0 Å². The first kappa shape index (κ1) is 31.5. The van der Waals surface area contributed by atoms with E-state index in [1.807, 2.05) is 45.0 Å². The highest BCUT2D eigenvalue weighted by molar-refractivity contribution is 9.10. The number of amides is 2. The average molecular weight is 702 g/mol. The van der Waals surface area contributed by atoms with Crippen molar-refractivity contribution in [2.45, 2.75) is 59.2 Å². The fourth-order valence-electron chi connectivity index (χ4n) is 7.30. The molecule has 13 heteroatoms. The molecule has 3 atom stereocenters. The van der Waals surface area contributed by atoms with Crippen LogP contribution >= 0.6 is 15.9 Å². The molecule has 7 rings (SSSR count). The van der Waals surface area contributed by atoms with Crippen LogP contribution in [0.5, 0.6) is 0 Å². The Bertz CT molecular complexity index is 1900. The molecule has 4 aromatic rings. The number of hydrogen-bond acceptors (Lipinski definition) is 9. The van der Waals surface area contributed by atoms with Crippen LogP contribution in [0.2, 0.25) is 0 Å². The largest absolute Gasteiger partial charge is 0.379 e. The van der Waals surface area contributed by atoms with E-state index in [0.717, 1.165) is 48.3 Å². The number of benzene rings is 1. The number of pyridine rings is 1. The van der Waals surface area contributed by atoms with Gasteiger partial charge in [-0.2, -0.15) is 5.10 Å². The lowest BCUT2D eigenvalue weighted by molar-refractivity contribution is -0.138. The Kier molecular flexibility index (Phi) is 8.17. The van der Waals surface area contributed by atoms with Crippen LogP contribution in [0.3, 0.4) is 0 Å². The minimum Gasteiger partial charge on any atom is -0.379 e. The third-order valence-electron chi connectivity index (χ3n) is 9.72. The summed E-state index contributed by atoms with van der Waals surface area (Å²) in [6.45, 7) is 10.9. The van der Waals surface area contributed by atoms with Crippen LogP contribution in [-0.2, 0) is 20.9 Å². The number of fused-ring (bicyclic) bond motifs is 2. The van der Waals surface area contributed by atoms with Gasteiger partial charge in [-0.1, -0.05) is 6.07 Å². The zero-order valence-corrected chi connectivity index (χ0v) is 28.5. The third kappa shape index (κ3) is 5.96. The van der Waals surface area contributed by atoms with Crippen LogP contribution in [-0.4, -0.2) is 97.1 Å². The lowest BCUT2D eigenvalue weighted by Gasteiger charge is -2.30. The third-order valence-corrected chi connectivity index (χ3v) is 10.2. The zero-order chi connectivity index (χ0) is 33.0. The van der Waals surface area contributed by atoms with E-state index in [1.165, 1.54) is 6.92 Å². The second-order valence-corrected chi connectivity index (χ2v) is 13.9. The van der Waals surface area contributed by atoms with Crippen molar-refractivity contribution in [2.75, 3.05) is 38.2 Å². The highest BCUT2D eigenvalue weighted by Gasteiger charge is 2.67. The summed E-state index contributed by atoms with van der Waals surface area (Å²) in [6, 6.07) is 6.90. The first-order valence-corrected chi connectivity index (χ1v) is 16.7. The fraction of sp³-hybridized carbons (Fsp3) is 0.441. The quantitative estimate of drug-likeness (QED) is 0.213. The molecule has 0 spiro atoms. The molecule has 1 saturated carbocycles. The lowest BCUT2D eigenvalue weighted by Crippen LogP contribution is -2.47. The first-order chi connectivity index (χ1) is 22.5. The van der Waals surface area contributed by atoms with Crippen molar-refractivity contribution >= 4 is 50.2 Å². The molecular formula is C34H37BrN8O4. The number of carbonyl (C=O) groups excluding carboxylic acids is 3. The Balaban J connectivity index is 1.21. The summed E-state index contributed by atoms with van der Waals surface area (Å²) in [6.07, 6.45) is 4.92. The number of nitrogens with one attached hydrogen (secondary N) is 1. The molecule has 12 nitrogen and oxygen atoms in total. The van der Waals surface area contributed by atoms with Gasteiger partial charge in [-0.3, -0.25) is 24.0 Å². The number of halogens is 1. The van der Waals surface area contributed by atoms with E-state index in [1.54, 1.807) is 22.0 Å². The number of ether oxygens (including phenoxy) is 1. The number of Topliss-reactive ketones (excluding diaryl/α,β-unsaturated/α-hetero) is 1. The van der Waals surface area contributed by atoms with Gasteiger partial charge in [0.2, 0.25) is 11.8 Å². The number of anilines is 1. The molecule has 5 heterocycles. The number of hydrogen-bond donors (Lipinski definition) is 1. The van der Waals surface area contributed by atoms with E-state index in [9.17, 15) is 14.4 Å². The summed E-state index contributed by atoms with van der Waals surface area (Å²) in [7, 11) is 0. The molecular weight excluding hydrogens is 664 g/mol. The topological polar surface area (TPSA) is 135 Å². The molecule has 0 radical (unpaired) electrons. The van der Waals surface area contributed by atoms with Gasteiger partial charge >= 0.3 is 0 Å². The van der Waals surface area contributed by atoms with Crippen LogP contribution in [0.1, 0.15) is 47.2 Å². The number of nitrogens with zero attached hydrogens (tertiary/aromatic N) is 7. The van der Waals surface area contributed by atoms with Crippen molar-refractivity contribution in [3.8, 4) is 11.1 Å². The first-order valence-electron chi connectivity index (χ1n) is 15.9. The molecule has 244 valence electrons. The van der Waals surface area contributed by atoms with Gasteiger partial charge in [0.1, 0.15) is 34.5 Å². The average Bonchev–Trinajstić information content (AvgIpc) is 3.43. The van der Waals surface area contributed by atoms with Gasteiger partial charge in [0.15, 0.2) is 5.78 Å². The maximum atomic E-state index is 14.4. The second-order valence-electron chi connectivity index (χ2n) is 13.1. The Morgan fingerprint density at radius 2 is 1.77 bits per heavy atom. The van der Waals surface area contributed by atoms with Gasteiger partial charge in [0, 0.05) is 61.4 Å². The monoisotopic (exact) mass is 700 g/mol. The normalized spacial score (nSPS) is 22.4. The molecule has 1 N–H and O–H groups in total. The summed E-state index contributed by atoms with van der Waals surface area (Å²) in [4.78, 5) is 58.4. The minimum absolute atomic E-state index is 0.0616. The molecule has 47 heavy (non-hydrogen) atoms. The number of aryl methyl sites for hydroxylation is 3. The lowest BCUT2D eigenvalue weighted by atomic mass is 9.98. The van der Waals surface area contributed by atoms with Gasteiger partial charge in [0.05, 0.1) is 18.7 Å². The number of morpholine rings is 1. The number of ketones is 1. The standard InChI is InChI=1S/C34H37BrN8O4/c1-19-5-6-28(35)38-32(19)39-33(46)26-13-34(18-41-7-9-47-10-8-41)14-27(34)43(26)29(45)17-42-31-20(2)11-23(24-15-36-22(4)37-16-24)12-25(31)30(40-42)21(3)44/h5-6,11-12,15-16,26-27H,7-10,13-14,17-18H2,1-4H3,(H,38,39,46)/t26-,27+,34-/m0/s1. The van der Waals surface area contributed by atoms with Crippen LogP contribution in [0, 0.1) is 26.2 Å². The van der Waals surface area contributed by atoms with E-state index in [4.69, 9.17) is 4.74 Å². The molecule has 1 aliphatic carbocycles. The smallest absolute Gasteiger partial charge is 0.248 e. The van der Waals surface area contributed by atoms with Crippen LogP contribution in [0.4, 0.5) is 5.82 Å². The van der Waals surface area contributed by atoms with Gasteiger partial charge < -0.3 is 15.0 Å². The number of rotatable bonds is 8. The van der Waals surface area contributed by atoms with E-state index >= 15 is 0 Å². The Labute approximate surface area is 281 Å². The van der Waals surface area contributed by atoms with E-state index < -0.39 is 6.04 Å². The summed E-state index contributed by atoms with van der Waals surface area (Å²) in [5.41, 5.74) is 4.23. The predicted molar refractivity (Wildman–Crippen MR) is 179 cm³/mol. The fourth-order valence-corrected chi connectivity index (χ4v) is 7.61. The maximum Gasteiger partial charge on any atom is 0.248 e. The predicted octanol–water partition coefficient (Wildman–Crippen LogP) is 4.11. The van der Waals surface area contributed by atoms with Crippen molar-refractivity contribution in [3.63, 3.8) is 0 Å². The highest BCUT2D eigenvalue weighted by atomic mass is 79.9. The number of piperidine rings is 1. The Morgan fingerprint density at radius 1 is 1.02 bits per heavy atom. The van der Waals surface area contributed by atoms with Crippen LogP contribution < -0.4 is 5.32 Å². The Morgan fingerprint density at radius 3 is 2.49 bits per heavy atom. The molecule has 3 fully saturated rings. The summed E-state index contributed by atoms with van der Waals surface area (Å²) in [5.74, 6) is 0.486. The van der Waals surface area contributed by atoms with Crippen molar-refractivity contribution in [1.82, 2.24) is 34.5 Å². The number of aromatic nitrogens is 5. The zero-order valence-electron chi connectivity index (χ0n) is 26.9. The molecule has 0 unspecified atom stereocenters. The molecule has 0 bridgehead atoms. The summed E-state index contributed by atoms with van der Waals surface area (Å²) >= 11 is 3.40. The number of likely N-dealkylation sites (tertiary alicyclic amines) is 1. The van der Waals surface area contributed by atoms with Crippen molar-refractivity contribution in [2.24, 2.45) is 5.41 Å². The highest BCUT2D eigenvalue weighted by Crippen LogP contribution is 2.60. The van der Waals surface area contributed by atoms with E-state index in [2.05, 4.69) is 46.2 Å². The molecule has 3 aromatic heterocycles.